The van der Waals surface area contributed by atoms with E-state index in [-0.39, 0.29) is 12.6 Å². The number of piperidine rings is 1. The van der Waals surface area contributed by atoms with Gasteiger partial charge >= 0.3 is 0 Å². The number of hydrogen-bond donors (Lipinski definition) is 2. The maximum Gasteiger partial charge on any atom is 0.182 e. The first kappa shape index (κ1) is 13.2. The summed E-state index contributed by atoms with van der Waals surface area (Å²) in [4.78, 5) is 1.86. The Morgan fingerprint density at radius 2 is 2.22 bits per heavy atom. The van der Waals surface area contributed by atoms with E-state index >= 15 is 0 Å². The molecular formula is C13H18F2N2O. The van der Waals surface area contributed by atoms with Crippen molar-refractivity contribution in [2.24, 2.45) is 0 Å². The van der Waals surface area contributed by atoms with Gasteiger partial charge < -0.3 is 15.3 Å². The molecule has 3 nitrogen and oxygen atoms in total. The molecule has 1 aliphatic rings. The first-order chi connectivity index (χ1) is 8.72. The van der Waals surface area contributed by atoms with E-state index in [4.69, 9.17) is 5.11 Å². The molecule has 1 aromatic carbocycles. The Labute approximate surface area is 105 Å². The van der Waals surface area contributed by atoms with Crippen LogP contribution in [0.25, 0.3) is 0 Å². The van der Waals surface area contributed by atoms with Crippen molar-refractivity contribution in [1.29, 1.82) is 0 Å². The fourth-order valence-corrected chi connectivity index (χ4v) is 2.37. The van der Waals surface area contributed by atoms with Crippen molar-refractivity contribution in [2.45, 2.75) is 18.9 Å². The Hall–Kier alpha value is -1.20. The molecule has 1 heterocycles. The highest BCUT2D eigenvalue weighted by molar-refractivity contribution is 5.48. The van der Waals surface area contributed by atoms with Gasteiger partial charge in [-0.15, -0.1) is 0 Å². The van der Waals surface area contributed by atoms with E-state index in [1.807, 2.05) is 4.90 Å². The van der Waals surface area contributed by atoms with Crippen LogP contribution in [-0.4, -0.2) is 37.4 Å². The number of hydrogen-bond acceptors (Lipinski definition) is 3. The summed E-state index contributed by atoms with van der Waals surface area (Å²) in [5.74, 6) is -1.58. The number of nitrogens with one attached hydrogen (secondary N) is 1. The molecule has 2 N–H and O–H groups in total. The molecule has 0 radical (unpaired) electrons. The smallest absolute Gasteiger partial charge is 0.182 e. The van der Waals surface area contributed by atoms with Crippen molar-refractivity contribution in [3.63, 3.8) is 0 Å². The molecule has 0 spiro atoms. The van der Waals surface area contributed by atoms with Crippen LogP contribution in [0.15, 0.2) is 18.2 Å². The molecule has 2 rings (SSSR count). The molecule has 18 heavy (non-hydrogen) atoms. The zero-order valence-corrected chi connectivity index (χ0v) is 10.2. The topological polar surface area (TPSA) is 35.5 Å². The SMILES string of the molecule is OCCNC1CCCN(c2cccc(F)c2F)C1. The van der Waals surface area contributed by atoms with Crippen molar-refractivity contribution >= 4 is 5.69 Å². The molecule has 0 saturated carbocycles. The molecule has 100 valence electrons. The van der Waals surface area contributed by atoms with Crippen molar-refractivity contribution in [2.75, 3.05) is 31.1 Å². The summed E-state index contributed by atoms with van der Waals surface area (Å²) in [5.41, 5.74) is 0.325. The van der Waals surface area contributed by atoms with E-state index in [1.165, 1.54) is 6.07 Å². The molecule has 1 aromatic rings. The summed E-state index contributed by atoms with van der Waals surface area (Å²) in [6, 6.07) is 4.48. The predicted molar refractivity (Wildman–Crippen MR) is 66.7 cm³/mol. The van der Waals surface area contributed by atoms with Crippen LogP contribution in [-0.2, 0) is 0 Å². The lowest BCUT2D eigenvalue weighted by Gasteiger charge is -2.35. The van der Waals surface area contributed by atoms with Gasteiger partial charge in [-0.25, -0.2) is 8.78 Å². The lowest BCUT2D eigenvalue weighted by atomic mass is 10.0. The summed E-state index contributed by atoms with van der Waals surface area (Å²) in [6.45, 7) is 1.99. The molecule has 1 aliphatic heterocycles. The normalized spacial score (nSPS) is 20.2. The average molecular weight is 256 g/mol. The highest BCUT2D eigenvalue weighted by atomic mass is 19.2. The first-order valence-corrected chi connectivity index (χ1v) is 6.25. The molecule has 1 saturated heterocycles. The first-order valence-electron chi connectivity index (χ1n) is 6.25. The second-order valence-electron chi connectivity index (χ2n) is 4.54. The van der Waals surface area contributed by atoms with Crippen LogP contribution in [0, 0.1) is 11.6 Å². The van der Waals surface area contributed by atoms with E-state index in [2.05, 4.69) is 5.32 Å². The zero-order valence-electron chi connectivity index (χ0n) is 10.2. The Kier molecular flexibility index (Phi) is 4.49. The van der Waals surface area contributed by atoms with Gasteiger partial charge in [0.25, 0.3) is 0 Å². The Balaban J connectivity index is 2.06. The molecule has 1 fully saturated rings. The third-order valence-electron chi connectivity index (χ3n) is 3.24. The minimum atomic E-state index is -0.807. The highest BCUT2D eigenvalue weighted by Gasteiger charge is 2.22. The van der Waals surface area contributed by atoms with Gasteiger partial charge in [-0.3, -0.25) is 0 Å². The van der Waals surface area contributed by atoms with Gasteiger partial charge in [0.05, 0.1) is 12.3 Å². The fourth-order valence-electron chi connectivity index (χ4n) is 2.37. The number of aliphatic hydroxyl groups is 1. The maximum absolute atomic E-state index is 13.7. The van der Waals surface area contributed by atoms with E-state index in [0.29, 0.717) is 18.8 Å². The number of halogens is 2. The highest BCUT2D eigenvalue weighted by Crippen LogP contribution is 2.24. The second-order valence-corrected chi connectivity index (χ2v) is 4.54. The number of benzene rings is 1. The largest absolute Gasteiger partial charge is 0.395 e. The van der Waals surface area contributed by atoms with Gasteiger partial charge in [0.2, 0.25) is 0 Å². The van der Waals surface area contributed by atoms with Crippen LogP contribution in [0.1, 0.15) is 12.8 Å². The predicted octanol–water partition coefficient (Wildman–Crippen LogP) is 1.52. The van der Waals surface area contributed by atoms with Crippen LogP contribution in [0.2, 0.25) is 0 Å². The Morgan fingerprint density at radius 3 is 3.00 bits per heavy atom. The number of anilines is 1. The molecule has 1 unspecified atom stereocenters. The molecule has 0 aromatic heterocycles. The maximum atomic E-state index is 13.7. The van der Waals surface area contributed by atoms with Crippen LogP contribution in [0.4, 0.5) is 14.5 Å². The standard InChI is InChI=1S/C13H18F2N2O/c14-11-4-1-5-12(13(11)15)17-7-2-3-10(9-17)16-6-8-18/h1,4-5,10,16,18H,2-3,6-9H2. The number of rotatable bonds is 4. The molecule has 5 heteroatoms. The third kappa shape index (κ3) is 2.97. The van der Waals surface area contributed by atoms with Crippen LogP contribution in [0.5, 0.6) is 0 Å². The van der Waals surface area contributed by atoms with Crippen LogP contribution in [0.3, 0.4) is 0 Å². The summed E-state index contributed by atoms with van der Waals surface area (Å²) >= 11 is 0. The van der Waals surface area contributed by atoms with Gasteiger partial charge in [0.15, 0.2) is 11.6 Å². The summed E-state index contributed by atoms with van der Waals surface area (Å²) in [5, 5.41) is 12.0. The van der Waals surface area contributed by atoms with Gasteiger partial charge in [-0.05, 0) is 25.0 Å². The third-order valence-corrected chi connectivity index (χ3v) is 3.24. The van der Waals surface area contributed by atoms with Crippen molar-refractivity contribution in [3.05, 3.63) is 29.8 Å². The van der Waals surface area contributed by atoms with Gasteiger partial charge in [0.1, 0.15) is 0 Å². The monoisotopic (exact) mass is 256 g/mol. The van der Waals surface area contributed by atoms with Gasteiger partial charge in [-0.1, -0.05) is 6.07 Å². The van der Waals surface area contributed by atoms with E-state index < -0.39 is 11.6 Å². The van der Waals surface area contributed by atoms with Gasteiger partial charge in [0, 0.05) is 25.7 Å². The van der Waals surface area contributed by atoms with Crippen LogP contribution < -0.4 is 10.2 Å². The lowest BCUT2D eigenvalue weighted by molar-refractivity contribution is 0.278. The van der Waals surface area contributed by atoms with Gasteiger partial charge in [-0.2, -0.15) is 0 Å². The summed E-state index contributed by atoms with van der Waals surface area (Å²) in [7, 11) is 0. The minimum absolute atomic E-state index is 0.0881. The van der Waals surface area contributed by atoms with E-state index in [1.54, 1.807) is 6.07 Å². The average Bonchev–Trinajstić information content (AvgIpc) is 2.40. The summed E-state index contributed by atoms with van der Waals surface area (Å²) < 4.78 is 26.9. The molecule has 0 amide bonds. The second kappa shape index (κ2) is 6.11. The lowest BCUT2D eigenvalue weighted by Crippen LogP contribution is -2.46. The molecule has 1 atom stereocenters. The molecule has 0 bridgehead atoms. The summed E-state index contributed by atoms with van der Waals surface area (Å²) in [6.07, 6.45) is 1.92. The Morgan fingerprint density at radius 1 is 1.39 bits per heavy atom. The van der Waals surface area contributed by atoms with E-state index in [0.717, 1.165) is 25.5 Å². The minimum Gasteiger partial charge on any atom is -0.395 e. The van der Waals surface area contributed by atoms with Crippen LogP contribution >= 0.6 is 0 Å². The van der Waals surface area contributed by atoms with Crippen molar-refractivity contribution in [1.82, 2.24) is 5.32 Å². The number of nitrogens with zero attached hydrogens (tertiary/aromatic N) is 1. The fraction of sp³-hybridized carbons (Fsp3) is 0.538. The molecule has 0 aliphatic carbocycles. The van der Waals surface area contributed by atoms with Crippen molar-refractivity contribution < 1.29 is 13.9 Å². The zero-order chi connectivity index (χ0) is 13.0. The quantitative estimate of drug-likeness (QED) is 0.857. The van der Waals surface area contributed by atoms with Crippen molar-refractivity contribution in [3.8, 4) is 0 Å². The Bertz CT molecular complexity index is 401. The molecular weight excluding hydrogens is 238 g/mol. The van der Waals surface area contributed by atoms with E-state index in [9.17, 15) is 8.78 Å². The number of aliphatic hydroxyl groups excluding tert-OH is 1.